The van der Waals surface area contributed by atoms with Crippen LogP contribution in [0.1, 0.15) is 52.1 Å². The predicted octanol–water partition coefficient (Wildman–Crippen LogP) is 9.45. The second-order valence-corrected chi connectivity index (χ2v) is 13.2. The highest BCUT2D eigenvalue weighted by molar-refractivity contribution is 9.10. The van der Waals surface area contributed by atoms with E-state index < -0.39 is 17.1 Å². The molecule has 0 saturated carbocycles. The second kappa shape index (κ2) is 16.1. The molecule has 47 heavy (non-hydrogen) atoms. The summed E-state index contributed by atoms with van der Waals surface area (Å²) in [6.07, 6.45) is 1.63. The molecule has 0 aliphatic heterocycles. The van der Waals surface area contributed by atoms with Gasteiger partial charge in [-0.3, -0.25) is 14.4 Å². The van der Waals surface area contributed by atoms with E-state index in [2.05, 4.69) is 45.7 Å². The lowest BCUT2D eigenvalue weighted by atomic mass is 10.0. The van der Waals surface area contributed by atoms with Crippen LogP contribution < -0.4 is 16.0 Å². The maximum atomic E-state index is 13.7. The predicted molar refractivity (Wildman–Crippen MR) is 195 cm³/mol. The van der Waals surface area contributed by atoms with Crippen LogP contribution in [0.4, 0.5) is 11.4 Å². The molecule has 3 N–H and O–H groups in total. The van der Waals surface area contributed by atoms with E-state index in [1.54, 1.807) is 36.4 Å². The maximum absolute atomic E-state index is 13.7. The molecule has 0 aliphatic carbocycles. The van der Waals surface area contributed by atoms with Crippen molar-refractivity contribution < 1.29 is 14.4 Å². The highest BCUT2D eigenvalue weighted by atomic mass is 79.9. The Morgan fingerprint density at radius 1 is 0.681 bits per heavy atom. The van der Waals surface area contributed by atoms with Crippen molar-refractivity contribution in [3.05, 3.63) is 166 Å². The standard InChI is InChI=1S/C39H34BrN3O3S/c1-26(2)28-19-21-32(22-20-28)41-39(46)36(29-12-5-3-6-13-29)47-34-18-10-17-33(25-34)42-38(45)35(24-27-11-9-16-31(40)23-27)43-37(44)30-14-7-4-8-15-30/h3-26,36H,1-2H3,(H,41,46)(H,42,45)(H,43,44)/b35-24+. The van der Waals surface area contributed by atoms with Gasteiger partial charge in [0.05, 0.1) is 0 Å². The fourth-order valence-electron chi connectivity index (χ4n) is 4.75. The smallest absolute Gasteiger partial charge is 0.272 e. The molecule has 0 heterocycles. The minimum Gasteiger partial charge on any atom is -0.325 e. The van der Waals surface area contributed by atoms with Crippen molar-refractivity contribution in [1.82, 2.24) is 5.32 Å². The number of amides is 3. The molecule has 236 valence electrons. The van der Waals surface area contributed by atoms with Gasteiger partial charge in [-0.15, -0.1) is 11.8 Å². The summed E-state index contributed by atoms with van der Waals surface area (Å²) >= 11 is 4.85. The fraction of sp³-hybridized carbons (Fsp3) is 0.103. The molecular weight excluding hydrogens is 670 g/mol. The van der Waals surface area contributed by atoms with Gasteiger partial charge in [-0.25, -0.2) is 0 Å². The summed E-state index contributed by atoms with van der Waals surface area (Å²) in [4.78, 5) is 41.1. The Balaban J connectivity index is 1.36. The van der Waals surface area contributed by atoms with Crippen molar-refractivity contribution in [3.8, 4) is 0 Å². The number of hydrogen-bond donors (Lipinski definition) is 3. The monoisotopic (exact) mass is 703 g/mol. The van der Waals surface area contributed by atoms with Crippen molar-refractivity contribution in [2.24, 2.45) is 0 Å². The van der Waals surface area contributed by atoms with E-state index in [1.165, 1.54) is 17.3 Å². The van der Waals surface area contributed by atoms with E-state index in [9.17, 15) is 14.4 Å². The Morgan fingerprint density at radius 2 is 1.36 bits per heavy atom. The quantitative estimate of drug-likeness (QED) is 0.0945. The van der Waals surface area contributed by atoms with E-state index in [4.69, 9.17) is 0 Å². The number of carbonyl (C=O) groups is 3. The van der Waals surface area contributed by atoms with E-state index in [0.29, 0.717) is 17.2 Å². The summed E-state index contributed by atoms with van der Waals surface area (Å²) in [6.45, 7) is 4.26. The van der Waals surface area contributed by atoms with Crippen LogP contribution in [-0.4, -0.2) is 17.7 Å². The minimum absolute atomic E-state index is 0.0834. The zero-order chi connectivity index (χ0) is 33.2. The number of nitrogens with one attached hydrogen (secondary N) is 3. The third-order valence-electron chi connectivity index (χ3n) is 7.22. The molecule has 6 nitrogen and oxygen atoms in total. The lowest BCUT2D eigenvalue weighted by Crippen LogP contribution is -2.30. The molecule has 0 bridgehead atoms. The number of rotatable bonds is 11. The summed E-state index contributed by atoms with van der Waals surface area (Å²) in [7, 11) is 0. The van der Waals surface area contributed by atoms with Crippen molar-refractivity contribution in [2.75, 3.05) is 10.6 Å². The zero-order valence-corrected chi connectivity index (χ0v) is 28.3. The van der Waals surface area contributed by atoms with Crippen LogP contribution in [0.2, 0.25) is 0 Å². The molecule has 0 aromatic heterocycles. The van der Waals surface area contributed by atoms with Crippen LogP contribution in [0.5, 0.6) is 0 Å². The van der Waals surface area contributed by atoms with Crippen LogP contribution in [0, 0.1) is 0 Å². The van der Waals surface area contributed by atoms with Crippen molar-refractivity contribution >= 4 is 62.9 Å². The molecule has 8 heteroatoms. The van der Waals surface area contributed by atoms with Gasteiger partial charge in [0.25, 0.3) is 11.8 Å². The average molecular weight is 705 g/mol. The summed E-state index contributed by atoms with van der Waals surface area (Å²) in [5.74, 6) is -0.649. The Labute approximate surface area is 287 Å². The highest BCUT2D eigenvalue weighted by Crippen LogP contribution is 2.37. The van der Waals surface area contributed by atoms with Crippen LogP contribution >= 0.6 is 27.7 Å². The first-order chi connectivity index (χ1) is 22.7. The topological polar surface area (TPSA) is 87.3 Å². The van der Waals surface area contributed by atoms with Crippen molar-refractivity contribution in [1.29, 1.82) is 0 Å². The molecule has 0 spiro atoms. The Hall–Kier alpha value is -4.92. The van der Waals surface area contributed by atoms with Crippen LogP contribution in [0.3, 0.4) is 0 Å². The summed E-state index contributed by atoms with van der Waals surface area (Å²) in [5.41, 5.74) is 4.55. The molecule has 0 fully saturated rings. The molecule has 0 radical (unpaired) electrons. The van der Waals surface area contributed by atoms with Gasteiger partial charge in [0.2, 0.25) is 5.91 Å². The van der Waals surface area contributed by atoms with Gasteiger partial charge in [-0.2, -0.15) is 0 Å². The third-order valence-corrected chi connectivity index (χ3v) is 8.96. The summed E-state index contributed by atoms with van der Waals surface area (Å²) in [5, 5.41) is 8.21. The van der Waals surface area contributed by atoms with E-state index >= 15 is 0 Å². The second-order valence-electron chi connectivity index (χ2n) is 11.1. The number of anilines is 2. The summed E-state index contributed by atoms with van der Waals surface area (Å²) in [6, 6.07) is 41.0. The zero-order valence-electron chi connectivity index (χ0n) is 25.9. The lowest BCUT2D eigenvalue weighted by Gasteiger charge is -2.18. The normalized spacial score (nSPS) is 11.9. The molecule has 3 amide bonds. The van der Waals surface area contributed by atoms with Gasteiger partial charge in [0, 0.05) is 26.3 Å². The SMILES string of the molecule is CC(C)c1ccc(NC(=O)C(Sc2cccc(NC(=O)/C(=C\c3cccc(Br)c3)NC(=O)c3ccccc3)c2)c2ccccc2)cc1. The molecule has 1 unspecified atom stereocenters. The molecular formula is C39H34BrN3O3S. The summed E-state index contributed by atoms with van der Waals surface area (Å²) < 4.78 is 0.842. The number of carbonyl (C=O) groups excluding carboxylic acids is 3. The van der Waals surface area contributed by atoms with Crippen LogP contribution in [-0.2, 0) is 9.59 Å². The van der Waals surface area contributed by atoms with Gasteiger partial charge in [0.1, 0.15) is 10.9 Å². The lowest BCUT2D eigenvalue weighted by molar-refractivity contribution is -0.116. The third kappa shape index (κ3) is 9.54. The molecule has 5 aromatic carbocycles. The fourth-order valence-corrected chi connectivity index (χ4v) is 6.25. The van der Waals surface area contributed by atoms with Gasteiger partial charge in [-0.05, 0) is 83.3 Å². The average Bonchev–Trinajstić information content (AvgIpc) is 3.08. The van der Waals surface area contributed by atoms with Gasteiger partial charge >= 0.3 is 0 Å². The number of hydrogen-bond acceptors (Lipinski definition) is 4. The first-order valence-corrected chi connectivity index (χ1v) is 16.8. The van der Waals surface area contributed by atoms with Crippen molar-refractivity contribution in [3.63, 3.8) is 0 Å². The van der Waals surface area contributed by atoms with E-state index in [1.807, 2.05) is 103 Å². The van der Waals surface area contributed by atoms with Gasteiger partial charge in [-0.1, -0.05) is 109 Å². The van der Waals surface area contributed by atoms with Crippen LogP contribution in [0.25, 0.3) is 6.08 Å². The molecule has 1 atom stereocenters. The number of halogens is 1. The largest absolute Gasteiger partial charge is 0.325 e. The Kier molecular flexibility index (Phi) is 11.4. The van der Waals surface area contributed by atoms with Crippen molar-refractivity contribution in [2.45, 2.75) is 29.9 Å². The van der Waals surface area contributed by atoms with E-state index in [0.717, 1.165) is 26.2 Å². The van der Waals surface area contributed by atoms with Gasteiger partial charge < -0.3 is 16.0 Å². The number of benzene rings is 5. The van der Waals surface area contributed by atoms with E-state index in [-0.39, 0.29) is 11.6 Å². The maximum Gasteiger partial charge on any atom is 0.272 e. The molecule has 5 rings (SSSR count). The molecule has 5 aromatic rings. The Morgan fingerprint density at radius 3 is 2.04 bits per heavy atom. The first kappa shape index (κ1) is 33.4. The molecule has 0 saturated heterocycles. The van der Waals surface area contributed by atoms with Gasteiger partial charge in [0.15, 0.2) is 0 Å². The Bertz CT molecular complexity index is 1880. The van der Waals surface area contributed by atoms with Crippen LogP contribution in [0.15, 0.2) is 149 Å². The minimum atomic E-state index is -0.552. The first-order valence-electron chi connectivity index (χ1n) is 15.1. The highest BCUT2D eigenvalue weighted by Gasteiger charge is 2.23. The number of thioether (sulfide) groups is 1. The molecule has 0 aliphatic rings.